The van der Waals surface area contributed by atoms with E-state index in [-0.39, 0.29) is 29.5 Å². The molecule has 0 amide bonds. The highest BCUT2D eigenvalue weighted by Gasteiger charge is 2.65. The van der Waals surface area contributed by atoms with Crippen molar-refractivity contribution in [2.45, 2.75) is 71.6 Å². The number of hydrogen-bond acceptors (Lipinski definition) is 6. The minimum Gasteiger partial charge on any atom is -0.458 e. The lowest BCUT2D eigenvalue weighted by molar-refractivity contribution is -0.150. The van der Waals surface area contributed by atoms with Crippen LogP contribution in [0.1, 0.15) is 77.2 Å². The third-order valence-corrected chi connectivity index (χ3v) is 10.8. The number of nitrogens with zero attached hydrogens (tertiary/aromatic N) is 1. The summed E-state index contributed by atoms with van der Waals surface area (Å²) in [6.07, 6.45) is 7.63. The number of rotatable bonds is 5. The van der Waals surface area contributed by atoms with E-state index in [2.05, 4.69) is 47.9 Å². The molecule has 5 aliphatic rings. The van der Waals surface area contributed by atoms with Gasteiger partial charge in [0.25, 0.3) is 0 Å². The van der Waals surface area contributed by atoms with Crippen molar-refractivity contribution in [1.29, 1.82) is 0 Å². The Morgan fingerprint density at radius 2 is 1.85 bits per heavy atom. The number of anilines is 1. The number of carbonyl (C=O) groups is 3. The second-order valence-corrected chi connectivity index (χ2v) is 12.7. The number of morpholine rings is 1. The van der Waals surface area contributed by atoms with Crippen molar-refractivity contribution < 1.29 is 23.9 Å². The normalized spacial score (nSPS) is 32.7. The van der Waals surface area contributed by atoms with Gasteiger partial charge in [-0.1, -0.05) is 30.6 Å². The molecule has 1 aromatic rings. The quantitative estimate of drug-likeness (QED) is 0.350. The average Bonchev–Trinajstić information content (AvgIpc) is 3.28. The zero-order valence-corrected chi connectivity index (χ0v) is 24.6. The van der Waals surface area contributed by atoms with E-state index < -0.39 is 11.4 Å². The van der Waals surface area contributed by atoms with Crippen molar-refractivity contribution in [3.05, 3.63) is 52.6 Å². The summed E-state index contributed by atoms with van der Waals surface area (Å²) in [5.74, 6) is 7.07. The van der Waals surface area contributed by atoms with E-state index in [9.17, 15) is 14.4 Å². The van der Waals surface area contributed by atoms with Crippen molar-refractivity contribution in [3.8, 4) is 11.8 Å². The zero-order valence-electron chi connectivity index (χ0n) is 24.6. The Morgan fingerprint density at radius 3 is 2.56 bits per heavy atom. The highest BCUT2D eigenvalue weighted by atomic mass is 16.5. The van der Waals surface area contributed by atoms with E-state index in [0.717, 1.165) is 58.4 Å². The smallest absolute Gasteiger partial charge is 0.303 e. The molecule has 1 aliphatic heterocycles. The van der Waals surface area contributed by atoms with Gasteiger partial charge in [-0.05, 0) is 97.6 Å². The lowest BCUT2D eigenvalue weighted by atomic mass is 9.48. The standard InChI is InChI=1S/C35H41NO5/c1-4-14-35(32(39)22-41-23(2)37)15-13-31-29-11-7-25-20-27(38)10-12-28(25)33(29)30(21-34(31,35)3)24-5-8-26(9-6-24)36-16-18-40-19-17-36/h5-6,8-9,20,29-31H,7,10-13,15-19,21-22H2,1-3H3/t29-,30?,31-,34-,35+/m0/s1. The first-order valence-electron chi connectivity index (χ1n) is 15.3. The number of Topliss-reactive ketones (excluding diaryl/α,β-unsaturated/α-hetero) is 1. The molecule has 0 spiro atoms. The first kappa shape index (κ1) is 28.0. The molecular formula is C35H41NO5. The lowest BCUT2D eigenvalue weighted by Gasteiger charge is -2.54. The summed E-state index contributed by atoms with van der Waals surface area (Å²) >= 11 is 0. The molecule has 216 valence electrons. The third-order valence-electron chi connectivity index (χ3n) is 10.8. The molecule has 1 heterocycles. The van der Waals surface area contributed by atoms with Gasteiger partial charge < -0.3 is 14.4 Å². The second-order valence-electron chi connectivity index (χ2n) is 12.7. The molecule has 6 rings (SSSR count). The predicted molar refractivity (Wildman–Crippen MR) is 157 cm³/mol. The van der Waals surface area contributed by atoms with Crippen LogP contribution in [0.3, 0.4) is 0 Å². The maximum Gasteiger partial charge on any atom is 0.303 e. The monoisotopic (exact) mass is 555 g/mol. The molecule has 1 saturated heterocycles. The average molecular weight is 556 g/mol. The van der Waals surface area contributed by atoms with Crippen LogP contribution in [-0.2, 0) is 23.9 Å². The van der Waals surface area contributed by atoms with Crippen LogP contribution in [0, 0.1) is 34.5 Å². The van der Waals surface area contributed by atoms with Crippen LogP contribution in [0.5, 0.6) is 0 Å². The summed E-state index contributed by atoms with van der Waals surface area (Å²) in [6.45, 7) is 8.51. The number of fused-ring (bicyclic) bond motifs is 4. The van der Waals surface area contributed by atoms with E-state index in [0.29, 0.717) is 24.7 Å². The first-order valence-corrected chi connectivity index (χ1v) is 15.3. The summed E-state index contributed by atoms with van der Waals surface area (Å²) in [5, 5.41) is 0. The minimum absolute atomic E-state index is 0.0655. The van der Waals surface area contributed by atoms with Crippen LogP contribution in [0.25, 0.3) is 0 Å². The number of ketones is 2. The second kappa shape index (κ2) is 10.9. The van der Waals surface area contributed by atoms with Crippen LogP contribution < -0.4 is 4.90 Å². The molecule has 1 unspecified atom stereocenters. The van der Waals surface area contributed by atoms with Crippen molar-refractivity contribution in [1.82, 2.24) is 0 Å². The Kier molecular flexibility index (Phi) is 7.44. The Morgan fingerprint density at radius 1 is 1.10 bits per heavy atom. The number of ether oxygens (including phenoxy) is 2. The Labute approximate surface area is 243 Å². The number of hydrogen-bond donors (Lipinski definition) is 0. The van der Waals surface area contributed by atoms with E-state index in [1.54, 1.807) is 0 Å². The van der Waals surface area contributed by atoms with Crippen LogP contribution >= 0.6 is 0 Å². The van der Waals surface area contributed by atoms with Gasteiger partial charge in [-0.3, -0.25) is 14.4 Å². The number of carbonyl (C=O) groups excluding carboxylic acids is 3. The molecule has 0 radical (unpaired) electrons. The SMILES string of the molecule is CC#C[C@]1(C(=O)COC(C)=O)CC[C@H]2[C@@H]3CCC4=CC(=O)CCC4=C3C(c3ccc(N4CCOCC4)cc3)C[C@@]21C. The fraction of sp³-hybridized carbons (Fsp3) is 0.571. The van der Waals surface area contributed by atoms with E-state index in [1.165, 1.54) is 34.9 Å². The number of allylic oxidation sites excluding steroid dienone is 4. The predicted octanol–water partition coefficient (Wildman–Crippen LogP) is 5.56. The molecule has 5 atom stereocenters. The zero-order chi connectivity index (χ0) is 28.8. The van der Waals surface area contributed by atoms with Gasteiger partial charge in [0.15, 0.2) is 18.2 Å². The summed E-state index contributed by atoms with van der Waals surface area (Å²) in [6, 6.07) is 9.02. The number of esters is 1. The summed E-state index contributed by atoms with van der Waals surface area (Å²) in [5.41, 5.74) is 5.41. The van der Waals surface area contributed by atoms with Crippen LogP contribution in [-0.4, -0.2) is 50.4 Å². The first-order chi connectivity index (χ1) is 19.8. The largest absolute Gasteiger partial charge is 0.458 e. The summed E-state index contributed by atoms with van der Waals surface area (Å²) in [7, 11) is 0. The molecule has 0 N–H and O–H groups in total. The molecule has 1 aromatic carbocycles. The fourth-order valence-electron chi connectivity index (χ4n) is 8.96. The van der Waals surface area contributed by atoms with Crippen LogP contribution in [0.15, 0.2) is 47.1 Å². The Hall–Kier alpha value is -3.17. The molecular weight excluding hydrogens is 514 g/mol. The summed E-state index contributed by atoms with van der Waals surface area (Å²) in [4.78, 5) is 40.4. The van der Waals surface area contributed by atoms with Gasteiger partial charge in [0.2, 0.25) is 0 Å². The van der Waals surface area contributed by atoms with E-state index in [1.807, 2.05) is 13.0 Å². The van der Waals surface area contributed by atoms with Crippen LogP contribution in [0.4, 0.5) is 5.69 Å². The Bertz CT molecular complexity index is 1370. The van der Waals surface area contributed by atoms with Gasteiger partial charge in [-0.15, -0.1) is 5.92 Å². The maximum absolute atomic E-state index is 14.0. The van der Waals surface area contributed by atoms with Gasteiger partial charge in [0, 0.05) is 38.0 Å². The molecule has 6 nitrogen and oxygen atoms in total. The molecule has 0 bridgehead atoms. The molecule has 6 heteroatoms. The van der Waals surface area contributed by atoms with Gasteiger partial charge in [0.1, 0.15) is 0 Å². The van der Waals surface area contributed by atoms with Crippen molar-refractivity contribution in [3.63, 3.8) is 0 Å². The van der Waals surface area contributed by atoms with Gasteiger partial charge in [0.05, 0.1) is 18.6 Å². The maximum atomic E-state index is 14.0. The molecule has 2 saturated carbocycles. The Balaban J connectivity index is 1.45. The molecule has 0 aromatic heterocycles. The van der Waals surface area contributed by atoms with Gasteiger partial charge in [-0.25, -0.2) is 0 Å². The molecule has 4 aliphatic carbocycles. The number of benzene rings is 1. The molecule has 3 fully saturated rings. The van der Waals surface area contributed by atoms with Gasteiger partial charge >= 0.3 is 5.97 Å². The minimum atomic E-state index is -0.845. The van der Waals surface area contributed by atoms with Gasteiger partial charge in [-0.2, -0.15) is 0 Å². The van der Waals surface area contributed by atoms with Crippen molar-refractivity contribution in [2.75, 3.05) is 37.8 Å². The highest BCUT2D eigenvalue weighted by Crippen LogP contribution is 2.69. The summed E-state index contributed by atoms with van der Waals surface area (Å²) < 4.78 is 10.8. The third kappa shape index (κ3) is 4.67. The van der Waals surface area contributed by atoms with Crippen LogP contribution in [0.2, 0.25) is 0 Å². The van der Waals surface area contributed by atoms with Crippen molar-refractivity contribution >= 4 is 23.2 Å². The highest BCUT2D eigenvalue weighted by molar-refractivity contribution is 5.93. The van der Waals surface area contributed by atoms with E-state index >= 15 is 0 Å². The molecule has 41 heavy (non-hydrogen) atoms. The lowest BCUT2D eigenvalue weighted by Crippen LogP contribution is -2.51. The topological polar surface area (TPSA) is 72.9 Å². The fourth-order valence-corrected chi connectivity index (χ4v) is 8.96. The van der Waals surface area contributed by atoms with Crippen molar-refractivity contribution in [2.24, 2.45) is 22.7 Å². The van der Waals surface area contributed by atoms with E-state index in [4.69, 9.17) is 9.47 Å².